The number of nitrogens with zero attached hydrogens (tertiary/aromatic N) is 1. The number of hydrogen-bond acceptors (Lipinski definition) is 5. The average molecular weight is 395 g/mol. The van der Waals surface area contributed by atoms with E-state index in [4.69, 9.17) is 13.9 Å². The molecule has 1 N–H and O–H groups in total. The van der Waals surface area contributed by atoms with Crippen LogP contribution in [-0.4, -0.2) is 46.4 Å². The third-order valence-corrected chi connectivity index (χ3v) is 5.56. The quantitative estimate of drug-likeness (QED) is 0.646. The standard InChI is InChI=1S/C23H26N2O4/c1-17-15-23(26)29-22-16-20(7-8-21(17)22)28-14-13-24-9-11-25(12-10-24)18-3-5-19(27-2)6-4-18/h3-8,15-16H,9-14H2,1-2H3/p+1. The largest absolute Gasteiger partial charge is 0.497 e. The Balaban J connectivity index is 1.27. The van der Waals surface area contributed by atoms with Gasteiger partial charge in [-0.25, -0.2) is 4.79 Å². The molecule has 1 aromatic heterocycles. The minimum atomic E-state index is -0.327. The Bertz CT molecular complexity index is 1020. The Kier molecular flexibility index (Phi) is 5.71. The maximum atomic E-state index is 11.6. The average Bonchev–Trinajstić information content (AvgIpc) is 2.74. The van der Waals surface area contributed by atoms with Crippen LogP contribution in [-0.2, 0) is 0 Å². The summed E-state index contributed by atoms with van der Waals surface area (Å²) < 4.78 is 16.4. The van der Waals surface area contributed by atoms with Gasteiger partial charge in [0.15, 0.2) is 0 Å². The second-order valence-electron chi connectivity index (χ2n) is 7.44. The topological polar surface area (TPSA) is 56.4 Å². The fourth-order valence-corrected chi connectivity index (χ4v) is 3.83. The first-order valence-corrected chi connectivity index (χ1v) is 10.0. The van der Waals surface area contributed by atoms with Gasteiger partial charge in [-0.15, -0.1) is 0 Å². The fraction of sp³-hybridized carbons (Fsp3) is 0.348. The summed E-state index contributed by atoms with van der Waals surface area (Å²) in [7, 11) is 1.69. The van der Waals surface area contributed by atoms with Crippen LogP contribution in [0.2, 0.25) is 0 Å². The van der Waals surface area contributed by atoms with Gasteiger partial charge in [-0.05, 0) is 48.9 Å². The van der Waals surface area contributed by atoms with Crippen molar-refractivity contribution in [3.05, 3.63) is 64.5 Å². The van der Waals surface area contributed by atoms with E-state index in [1.54, 1.807) is 13.2 Å². The number of quaternary nitrogens is 1. The molecule has 4 rings (SSSR count). The van der Waals surface area contributed by atoms with Crippen molar-refractivity contribution >= 4 is 16.7 Å². The predicted octanol–water partition coefficient (Wildman–Crippen LogP) is 1.89. The summed E-state index contributed by atoms with van der Waals surface area (Å²) >= 11 is 0. The van der Waals surface area contributed by atoms with E-state index in [-0.39, 0.29) is 5.63 Å². The predicted molar refractivity (Wildman–Crippen MR) is 113 cm³/mol. The van der Waals surface area contributed by atoms with Crippen molar-refractivity contribution in [1.29, 1.82) is 0 Å². The molecule has 0 unspecified atom stereocenters. The van der Waals surface area contributed by atoms with Gasteiger partial charge in [0, 0.05) is 23.2 Å². The van der Waals surface area contributed by atoms with Gasteiger partial charge in [-0.2, -0.15) is 0 Å². The van der Waals surface area contributed by atoms with E-state index >= 15 is 0 Å². The Morgan fingerprint density at radius 3 is 2.48 bits per heavy atom. The molecule has 0 atom stereocenters. The summed E-state index contributed by atoms with van der Waals surface area (Å²) in [5.41, 5.74) is 2.41. The molecule has 0 saturated carbocycles. The van der Waals surface area contributed by atoms with Gasteiger partial charge >= 0.3 is 5.63 Å². The van der Waals surface area contributed by atoms with Gasteiger partial charge in [0.2, 0.25) is 0 Å². The highest BCUT2D eigenvalue weighted by molar-refractivity contribution is 5.81. The zero-order chi connectivity index (χ0) is 20.2. The van der Waals surface area contributed by atoms with Crippen LogP contribution < -0.4 is 24.9 Å². The molecule has 29 heavy (non-hydrogen) atoms. The van der Waals surface area contributed by atoms with Crippen molar-refractivity contribution < 1.29 is 18.8 Å². The van der Waals surface area contributed by atoms with E-state index in [0.717, 1.165) is 55.2 Å². The number of hydrogen-bond donors (Lipinski definition) is 1. The SMILES string of the molecule is COc1ccc(N2CC[NH+](CCOc3ccc4c(C)cc(=O)oc4c3)CC2)cc1. The first-order valence-electron chi connectivity index (χ1n) is 10.0. The number of rotatable bonds is 6. The Labute approximate surface area is 170 Å². The van der Waals surface area contributed by atoms with Crippen LogP contribution in [0.25, 0.3) is 11.0 Å². The summed E-state index contributed by atoms with van der Waals surface area (Å²) in [4.78, 5) is 15.5. The second-order valence-corrected chi connectivity index (χ2v) is 7.44. The molecule has 6 nitrogen and oxygen atoms in total. The van der Waals surface area contributed by atoms with Crippen LogP contribution >= 0.6 is 0 Å². The van der Waals surface area contributed by atoms with Crippen LogP contribution in [0.15, 0.2) is 57.7 Å². The number of piperazine rings is 1. The van der Waals surface area contributed by atoms with E-state index in [9.17, 15) is 4.79 Å². The number of nitrogens with one attached hydrogen (secondary N) is 1. The monoisotopic (exact) mass is 395 g/mol. The lowest BCUT2D eigenvalue weighted by Crippen LogP contribution is -3.15. The minimum absolute atomic E-state index is 0.327. The van der Waals surface area contributed by atoms with Crippen molar-refractivity contribution in [2.75, 3.05) is 51.3 Å². The number of ether oxygens (including phenoxy) is 2. The van der Waals surface area contributed by atoms with Crippen LogP contribution in [0.5, 0.6) is 11.5 Å². The van der Waals surface area contributed by atoms with Gasteiger partial charge in [-0.1, -0.05) is 0 Å². The molecule has 152 valence electrons. The Morgan fingerprint density at radius 1 is 1.03 bits per heavy atom. The second kappa shape index (κ2) is 8.57. The molecular weight excluding hydrogens is 368 g/mol. The molecule has 0 aliphatic carbocycles. The molecule has 0 radical (unpaired) electrons. The van der Waals surface area contributed by atoms with Gasteiger partial charge in [-0.3, -0.25) is 0 Å². The molecule has 1 aliphatic heterocycles. The summed E-state index contributed by atoms with van der Waals surface area (Å²) in [6, 6.07) is 15.5. The smallest absolute Gasteiger partial charge is 0.336 e. The fourth-order valence-electron chi connectivity index (χ4n) is 3.83. The normalized spacial score (nSPS) is 14.9. The van der Waals surface area contributed by atoms with Crippen LogP contribution in [0.1, 0.15) is 5.56 Å². The van der Waals surface area contributed by atoms with Crippen molar-refractivity contribution in [2.45, 2.75) is 6.92 Å². The highest BCUT2D eigenvalue weighted by Crippen LogP contribution is 2.22. The van der Waals surface area contributed by atoms with Crippen LogP contribution in [0, 0.1) is 6.92 Å². The zero-order valence-corrected chi connectivity index (χ0v) is 16.9. The Morgan fingerprint density at radius 2 is 1.76 bits per heavy atom. The first kappa shape index (κ1) is 19.3. The summed E-state index contributed by atoms with van der Waals surface area (Å²) in [5.74, 6) is 1.63. The van der Waals surface area contributed by atoms with Crippen LogP contribution in [0.4, 0.5) is 5.69 Å². The third kappa shape index (κ3) is 4.54. The summed E-state index contributed by atoms with van der Waals surface area (Å²) in [6.45, 7) is 7.73. The van der Waals surface area contributed by atoms with E-state index in [0.29, 0.717) is 12.2 Å². The highest BCUT2D eigenvalue weighted by Gasteiger charge is 2.20. The molecule has 0 bridgehead atoms. The van der Waals surface area contributed by atoms with Crippen LogP contribution in [0.3, 0.4) is 0 Å². The van der Waals surface area contributed by atoms with Crippen molar-refractivity contribution in [3.8, 4) is 11.5 Å². The number of benzene rings is 2. The van der Waals surface area contributed by atoms with Crippen molar-refractivity contribution in [1.82, 2.24) is 0 Å². The van der Waals surface area contributed by atoms with Crippen molar-refractivity contribution in [2.24, 2.45) is 0 Å². The third-order valence-electron chi connectivity index (χ3n) is 5.56. The molecule has 1 aliphatic rings. The van der Waals surface area contributed by atoms with E-state index in [1.807, 2.05) is 31.2 Å². The molecule has 1 saturated heterocycles. The maximum Gasteiger partial charge on any atom is 0.336 e. The molecule has 3 aromatic rings. The number of fused-ring (bicyclic) bond motifs is 1. The Hall–Kier alpha value is -2.99. The molecule has 0 spiro atoms. The number of aryl methyl sites for hydroxylation is 1. The minimum Gasteiger partial charge on any atom is -0.497 e. The number of anilines is 1. The summed E-state index contributed by atoms with van der Waals surface area (Å²) in [6.07, 6.45) is 0. The lowest BCUT2D eigenvalue weighted by Gasteiger charge is -2.33. The first-order chi connectivity index (χ1) is 14.1. The molecule has 6 heteroatoms. The van der Waals surface area contributed by atoms with Gasteiger partial charge in [0.1, 0.15) is 30.2 Å². The molecule has 0 amide bonds. The van der Waals surface area contributed by atoms with Crippen molar-refractivity contribution in [3.63, 3.8) is 0 Å². The maximum absolute atomic E-state index is 11.6. The van der Waals surface area contributed by atoms with E-state index < -0.39 is 0 Å². The van der Waals surface area contributed by atoms with E-state index in [1.165, 1.54) is 16.7 Å². The number of methoxy groups -OCH3 is 1. The molecular formula is C23H27N2O4+. The molecule has 1 fully saturated rings. The highest BCUT2D eigenvalue weighted by atomic mass is 16.5. The lowest BCUT2D eigenvalue weighted by atomic mass is 10.1. The molecule has 2 heterocycles. The van der Waals surface area contributed by atoms with Gasteiger partial charge in [0.05, 0.1) is 33.3 Å². The van der Waals surface area contributed by atoms with E-state index in [2.05, 4.69) is 17.0 Å². The summed E-state index contributed by atoms with van der Waals surface area (Å²) in [5, 5.41) is 0.942. The lowest BCUT2D eigenvalue weighted by molar-refractivity contribution is -0.900. The zero-order valence-electron chi connectivity index (χ0n) is 16.9. The van der Waals surface area contributed by atoms with Gasteiger partial charge < -0.3 is 23.7 Å². The van der Waals surface area contributed by atoms with Gasteiger partial charge in [0.25, 0.3) is 0 Å². The molecule has 2 aromatic carbocycles.